The average molecular weight is 411 g/mol. The Morgan fingerprint density at radius 1 is 1.15 bits per heavy atom. The molecule has 0 spiro atoms. The van der Waals surface area contributed by atoms with E-state index in [1.165, 1.54) is 45.2 Å². The van der Waals surface area contributed by atoms with Crippen LogP contribution in [0.5, 0.6) is 11.5 Å². The Balaban J connectivity index is 2.21. The van der Waals surface area contributed by atoms with Gasteiger partial charge in [-0.25, -0.2) is 8.42 Å². The largest absolute Gasteiger partial charge is 0.497 e. The maximum atomic E-state index is 12.9. The number of benzene rings is 2. The number of nitrogens with one attached hydrogen (secondary N) is 1. The van der Waals surface area contributed by atoms with E-state index < -0.39 is 15.9 Å². The van der Waals surface area contributed by atoms with E-state index in [-0.39, 0.29) is 17.2 Å². The molecule has 0 heterocycles. The third-order valence-electron chi connectivity index (χ3n) is 3.81. The first kappa shape index (κ1) is 21.1. The standard InChI is InChI=1S/C18H22N2O5S2/c1-20(12-18(21)19-14-7-5-6-8-16(14)26-4)27(22,23)17-11-13(24-2)9-10-15(17)25-3/h5-11H,12H2,1-4H3,(H,19,21). The van der Waals surface area contributed by atoms with Crippen molar-refractivity contribution in [3.63, 3.8) is 0 Å². The number of thioether (sulfide) groups is 1. The molecule has 9 heteroatoms. The number of anilines is 1. The van der Waals surface area contributed by atoms with Crippen LogP contribution in [0.3, 0.4) is 0 Å². The second-order valence-electron chi connectivity index (χ2n) is 5.53. The fraction of sp³-hybridized carbons (Fsp3) is 0.278. The second kappa shape index (κ2) is 9.12. The monoisotopic (exact) mass is 410 g/mol. The summed E-state index contributed by atoms with van der Waals surface area (Å²) < 4.78 is 37.0. The van der Waals surface area contributed by atoms with E-state index in [4.69, 9.17) is 9.47 Å². The predicted octanol–water partition coefficient (Wildman–Crippen LogP) is 2.68. The van der Waals surface area contributed by atoms with Gasteiger partial charge in [0.25, 0.3) is 0 Å². The van der Waals surface area contributed by atoms with Crippen LogP contribution in [0.2, 0.25) is 0 Å². The highest BCUT2D eigenvalue weighted by Crippen LogP contribution is 2.30. The minimum atomic E-state index is -3.96. The molecule has 0 unspecified atom stereocenters. The first-order valence-corrected chi connectivity index (χ1v) is 10.6. The van der Waals surface area contributed by atoms with E-state index in [0.717, 1.165) is 9.20 Å². The molecule has 27 heavy (non-hydrogen) atoms. The smallest absolute Gasteiger partial charge is 0.247 e. The normalized spacial score (nSPS) is 11.3. The van der Waals surface area contributed by atoms with Crippen molar-refractivity contribution in [3.05, 3.63) is 42.5 Å². The number of nitrogens with zero attached hydrogens (tertiary/aromatic N) is 1. The SMILES string of the molecule is COc1ccc(OC)c(S(=O)(=O)N(C)CC(=O)Nc2ccccc2SC)c1. The van der Waals surface area contributed by atoms with Crippen LogP contribution < -0.4 is 14.8 Å². The average Bonchev–Trinajstić information content (AvgIpc) is 2.67. The van der Waals surface area contributed by atoms with E-state index in [9.17, 15) is 13.2 Å². The van der Waals surface area contributed by atoms with Crippen LogP contribution >= 0.6 is 11.8 Å². The molecule has 1 amide bonds. The highest BCUT2D eigenvalue weighted by atomic mass is 32.2. The number of rotatable bonds is 8. The lowest BCUT2D eigenvalue weighted by Crippen LogP contribution is -2.35. The van der Waals surface area contributed by atoms with Gasteiger partial charge in [-0.2, -0.15) is 4.31 Å². The number of para-hydroxylation sites is 1. The topological polar surface area (TPSA) is 84.9 Å². The lowest BCUT2D eigenvalue weighted by atomic mass is 10.3. The molecule has 0 aliphatic rings. The Morgan fingerprint density at radius 3 is 2.48 bits per heavy atom. The molecule has 0 fully saturated rings. The van der Waals surface area contributed by atoms with Crippen molar-refractivity contribution in [2.45, 2.75) is 9.79 Å². The molecule has 0 atom stereocenters. The third kappa shape index (κ3) is 4.94. The number of hydrogen-bond acceptors (Lipinski definition) is 6. The van der Waals surface area contributed by atoms with Crippen LogP contribution in [-0.2, 0) is 14.8 Å². The van der Waals surface area contributed by atoms with Gasteiger partial charge in [0.15, 0.2) is 0 Å². The van der Waals surface area contributed by atoms with Gasteiger partial charge in [-0.15, -0.1) is 11.8 Å². The Morgan fingerprint density at radius 2 is 1.85 bits per heavy atom. The second-order valence-corrected chi connectivity index (χ2v) is 8.39. The van der Waals surface area contributed by atoms with Crippen molar-refractivity contribution in [2.75, 3.05) is 39.4 Å². The Kier molecular flexibility index (Phi) is 7.11. The number of ether oxygens (including phenoxy) is 2. The summed E-state index contributed by atoms with van der Waals surface area (Å²) in [5, 5.41) is 2.75. The number of hydrogen-bond donors (Lipinski definition) is 1. The fourth-order valence-electron chi connectivity index (χ4n) is 2.38. The molecule has 2 aromatic carbocycles. The molecule has 0 radical (unpaired) electrons. The van der Waals surface area contributed by atoms with Crippen LogP contribution in [0.15, 0.2) is 52.3 Å². The molecule has 0 aliphatic carbocycles. The Hall–Kier alpha value is -2.23. The van der Waals surface area contributed by atoms with Crippen molar-refractivity contribution < 1.29 is 22.7 Å². The summed E-state index contributed by atoms with van der Waals surface area (Å²) in [5.74, 6) is 0.112. The quantitative estimate of drug-likeness (QED) is 0.674. The van der Waals surface area contributed by atoms with Crippen LogP contribution in [0, 0.1) is 0 Å². The summed E-state index contributed by atoms with van der Waals surface area (Å²) in [6, 6.07) is 11.8. The van der Waals surface area contributed by atoms with Crippen LogP contribution in [0.1, 0.15) is 0 Å². The number of carbonyl (C=O) groups is 1. The van der Waals surface area contributed by atoms with Gasteiger partial charge in [0.05, 0.1) is 26.5 Å². The zero-order valence-corrected chi connectivity index (χ0v) is 17.2. The van der Waals surface area contributed by atoms with Gasteiger partial charge in [0.1, 0.15) is 16.4 Å². The van der Waals surface area contributed by atoms with Gasteiger partial charge in [-0.3, -0.25) is 4.79 Å². The summed E-state index contributed by atoms with van der Waals surface area (Å²) in [6.07, 6.45) is 1.90. The van der Waals surface area contributed by atoms with Crippen LogP contribution in [0.25, 0.3) is 0 Å². The fourth-order valence-corrected chi connectivity index (χ4v) is 4.23. The zero-order chi connectivity index (χ0) is 20.0. The van der Waals surface area contributed by atoms with Crippen molar-refractivity contribution in [2.24, 2.45) is 0 Å². The highest BCUT2D eigenvalue weighted by Gasteiger charge is 2.27. The maximum Gasteiger partial charge on any atom is 0.247 e. The van der Waals surface area contributed by atoms with E-state index in [1.54, 1.807) is 18.2 Å². The summed E-state index contributed by atoms with van der Waals surface area (Å²) in [7, 11) is 0.211. The lowest BCUT2D eigenvalue weighted by Gasteiger charge is -2.19. The summed E-state index contributed by atoms with van der Waals surface area (Å²) >= 11 is 1.49. The van der Waals surface area contributed by atoms with Crippen molar-refractivity contribution in [3.8, 4) is 11.5 Å². The molecule has 0 bridgehead atoms. The Labute approximate surface area is 163 Å². The van der Waals surface area contributed by atoms with Crippen LogP contribution in [-0.4, -0.2) is 52.7 Å². The van der Waals surface area contributed by atoms with E-state index in [1.807, 2.05) is 18.4 Å². The molecule has 146 valence electrons. The molecule has 0 saturated carbocycles. The summed E-state index contributed by atoms with van der Waals surface area (Å²) in [6.45, 7) is -0.342. The highest BCUT2D eigenvalue weighted by molar-refractivity contribution is 7.98. The van der Waals surface area contributed by atoms with Crippen LogP contribution in [0.4, 0.5) is 5.69 Å². The van der Waals surface area contributed by atoms with E-state index in [0.29, 0.717) is 11.4 Å². The predicted molar refractivity (Wildman–Crippen MR) is 106 cm³/mol. The van der Waals surface area contributed by atoms with Crippen molar-refractivity contribution >= 4 is 33.4 Å². The molecule has 1 N–H and O–H groups in total. The maximum absolute atomic E-state index is 12.9. The molecule has 2 aromatic rings. The van der Waals surface area contributed by atoms with Gasteiger partial charge in [0, 0.05) is 18.0 Å². The van der Waals surface area contributed by atoms with Gasteiger partial charge in [0.2, 0.25) is 15.9 Å². The van der Waals surface area contributed by atoms with Gasteiger partial charge >= 0.3 is 0 Å². The van der Waals surface area contributed by atoms with Gasteiger partial charge in [-0.1, -0.05) is 12.1 Å². The number of carbonyl (C=O) groups excluding carboxylic acids is 1. The minimum absolute atomic E-state index is 0.0656. The van der Waals surface area contributed by atoms with Crippen molar-refractivity contribution in [1.82, 2.24) is 4.31 Å². The molecule has 0 aromatic heterocycles. The summed E-state index contributed by atoms with van der Waals surface area (Å²) in [5.41, 5.74) is 0.639. The molecule has 0 aliphatic heterocycles. The zero-order valence-electron chi connectivity index (χ0n) is 15.6. The van der Waals surface area contributed by atoms with Gasteiger partial charge < -0.3 is 14.8 Å². The first-order valence-electron chi connectivity index (χ1n) is 7.94. The molecule has 7 nitrogen and oxygen atoms in total. The molecule has 0 saturated heterocycles. The lowest BCUT2D eigenvalue weighted by molar-refractivity contribution is -0.116. The number of sulfonamides is 1. The van der Waals surface area contributed by atoms with Crippen molar-refractivity contribution in [1.29, 1.82) is 0 Å². The number of amides is 1. The Bertz CT molecular complexity index is 916. The van der Waals surface area contributed by atoms with E-state index in [2.05, 4.69) is 5.32 Å². The summed E-state index contributed by atoms with van der Waals surface area (Å²) in [4.78, 5) is 13.2. The molecular weight excluding hydrogens is 388 g/mol. The number of methoxy groups -OCH3 is 2. The third-order valence-corrected chi connectivity index (χ3v) is 6.43. The minimum Gasteiger partial charge on any atom is -0.497 e. The van der Waals surface area contributed by atoms with Gasteiger partial charge in [-0.05, 0) is 30.5 Å². The van der Waals surface area contributed by atoms with E-state index >= 15 is 0 Å². The molecular formula is C18H22N2O5S2. The number of likely N-dealkylation sites (N-methyl/N-ethyl adjacent to an activating group) is 1. The first-order chi connectivity index (χ1) is 12.8. The molecule has 2 rings (SSSR count).